The van der Waals surface area contributed by atoms with Crippen LogP contribution in [0.3, 0.4) is 0 Å². The van der Waals surface area contributed by atoms with Crippen LogP contribution in [0.5, 0.6) is 0 Å². The van der Waals surface area contributed by atoms with Crippen LogP contribution in [0.1, 0.15) is 43.2 Å². The fraction of sp³-hybridized carbons (Fsp3) is 0.667. The number of aliphatic hydroxyl groups is 1. The molecule has 0 spiro atoms. The Morgan fingerprint density at radius 2 is 1.62 bits per heavy atom. The van der Waals surface area contributed by atoms with Gasteiger partial charge in [-0.05, 0) is 56.4 Å². The van der Waals surface area contributed by atoms with Crippen molar-refractivity contribution in [3.63, 3.8) is 0 Å². The minimum Gasteiger partial charge on any atom is -0.392 e. The molecule has 2 heterocycles. The lowest BCUT2D eigenvalue weighted by Gasteiger charge is -2.33. The molecule has 1 N–H and O–H groups in total. The molecule has 0 bridgehead atoms. The maximum absolute atomic E-state index is 9.12. The third-order valence-electron chi connectivity index (χ3n) is 5.01. The molecular weight excluding hydrogens is 260 g/mol. The van der Waals surface area contributed by atoms with Crippen molar-refractivity contribution in [2.45, 2.75) is 51.3 Å². The van der Waals surface area contributed by atoms with E-state index in [4.69, 9.17) is 5.11 Å². The molecule has 0 saturated carbocycles. The van der Waals surface area contributed by atoms with E-state index in [9.17, 15) is 0 Å². The molecule has 3 heteroatoms. The number of likely N-dealkylation sites (tertiary alicyclic amines) is 2. The molecule has 0 aliphatic carbocycles. The Bertz CT molecular complexity index is 425. The largest absolute Gasteiger partial charge is 0.392 e. The Balaban J connectivity index is 1.55. The van der Waals surface area contributed by atoms with Gasteiger partial charge in [0.15, 0.2) is 0 Å². The number of nitrogens with zero attached hydrogens (tertiary/aromatic N) is 2. The first-order chi connectivity index (χ1) is 10.3. The third-order valence-corrected chi connectivity index (χ3v) is 5.01. The summed E-state index contributed by atoms with van der Waals surface area (Å²) in [4.78, 5) is 5.32. The second kappa shape index (κ2) is 7.39. The molecule has 1 aromatic carbocycles. The maximum atomic E-state index is 9.12. The van der Waals surface area contributed by atoms with E-state index < -0.39 is 0 Å². The minimum absolute atomic E-state index is 0.140. The Morgan fingerprint density at radius 1 is 0.905 bits per heavy atom. The van der Waals surface area contributed by atoms with E-state index in [0.717, 1.165) is 18.2 Å². The summed E-state index contributed by atoms with van der Waals surface area (Å²) in [7, 11) is 0. The van der Waals surface area contributed by atoms with E-state index >= 15 is 0 Å². The van der Waals surface area contributed by atoms with Crippen molar-refractivity contribution in [2.75, 3.05) is 26.2 Å². The summed E-state index contributed by atoms with van der Waals surface area (Å²) in [6, 6.07) is 9.17. The van der Waals surface area contributed by atoms with Gasteiger partial charge in [-0.15, -0.1) is 0 Å². The molecular formula is C18H28N2O. The van der Waals surface area contributed by atoms with Gasteiger partial charge in [0.05, 0.1) is 6.61 Å². The SMILES string of the molecule is OCc1ccc(CN2CCCC2CN2CCCCC2)cc1. The molecule has 0 aromatic heterocycles. The number of piperidine rings is 1. The molecule has 3 rings (SSSR count). The second-order valence-corrected chi connectivity index (χ2v) is 6.60. The highest BCUT2D eigenvalue weighted by atomic mass is 16.3. The molecule has 2 aliphatic heterocycles. The molecule has 21 heavy (non-hydrogen) atoms. The molecule has 1 atom stereocenters. The van der Waals surface area contributed by atoms with E-state index in [1.54, 1.807) is 0 Å². The standard InChI is InChI=1S/C18H28N2O/c21-15-17-8-6-16(7-9-17)13-20-12-4-5-18(20)14-19-10-2-1-3-11-19/h6-9,18,21H,1-5,10-15H2. The number of benzene rings is 1. The van der Waals surface area contributed by atoms with Gasteiger partial charge in [0.1, 0.15) is 0 Å². The maximum Gasteiger partial charge on any atom is 0.0681 e. The summed E-state index contributed by atoms with van der Waals surface area (Å²) in [6.07, 6.45) is 6.88. The van der Waals surface area contributed by atoms with Gasteiger partial charge in [-0.2, -0.15) is 0 Å². The van der Waals surface area contributed by atoms with Crippen LogP contribution < -0.4 is 0 Å². The van der Waals surface area contributed by atoms with Gasteiger partial charge < -0.3 is 10.0 Å². The number of hydrogen-bond acceptors (Lipinski definition) is 3. The van der Waals surface area contributed by atoms with Crippen molar-refractivity contribution < 1.29 is 5.11 Å². The molecule has 1 unspecified atom stereocenters. The van der Waals surface area contributed by atoms with Gasteiger partial charge in [0, 0.05) is 19.1 Å². The third kappa shape index (κ3) is 4.06. The van der Waals surface area contributed by atoms with Crippen LogP contribution in [0.4, 0.5) is 0 Å². The van der Waals surface area contributed by atoms with Crippen LogP contribution >= 0.6 is 0 Å². The van der Waals surface area contributed by atoms with Gasteiger partial charge in [-0.1, -0.05) is 30.7 Å². The predicted octanol–water partition coefficient (Wildman–Crippen LogP) is 2.63. The minimum atomic E-state index is 0.140. The Labute approximate surface area is 128 Å². The summed E-state index contributed by atoms with van der Waals surface area (Å²) >= 11 is 0. The van der Waals surface area contributed by atoms with E-state index in [1.165, 1.54) is 63.8 Å². The van der Waals surface area contributed by atoms with Crippen LogP contribution in [0.25, 0.3) is 0 Å². The monoisotopic (exact) mass is 288 g/mol. The first-order valence-corrected chi connectivity index (χ1v) is 8.50. The smallest absolute Gasteiger partial charge is 0.0681 e. The summed E-state index contributed by atoms with van der Waals surface area (Å²) in [5, 5.41) is 9.12. The first-order valence-electron chi connectivity index (χ1n) is 8.50. The average molecular weight is 288 g/mol. The Morgan fingerprint density at radius 3 is 2.33 bits per heavy atom. The normalized spacial score (nSPS) is 24.5. The number of aliphatic hydroxyl groups excluding tert-OH is 1. The van der Waals surface area contributed by atoms with Crippen LogP contribution in [0, 0.1) is 0 Å². The highest BCUT2D eigenvalue weighted by Gasteiger charge is 2.26. The highest BCUT2D eigenvalue weighted by molar-refractivity contribution is 5.22. The van der Waals surface area contributed by atoms with Crippen molar-refractivity contribution in [1.29, 1.82) is 0 Å². The lowest BCUT2D eigenvalue weighted by molar-refractivity contribution is 0.149. The zero-order valence-corrected chi connectivity index (χ0v) is 13.0. The summed E-state index contributed by atoms with van der Waals surface area (Å²) in [6.45, 7) is 6.30. The predicted molar refractivity (Wildman–Crippen MR) is 86.1 cm³/mol. The summed E-state index contributed by atoms with van der Waals surface area (Å²) in [5.41, 5.74) is 2.38. The van der Waals surface area contributed by atoms with Crippen LogP contribution in [0.2, 0.25) is 0 Å². The van der Waals surface area contributed by atoms with Gasteiger partial charge in [0.25, 0.3) is 0 Å². The van der Waals surface area contributed by atoms with Crippen LogP contribution in [0.15, 0.2) is 24.3 Å². The van der Waals surface area contributed by atoms with Crippen LogP contribution in [-0.2, 0) is 13.2 Å². The van der Waals surface area contributed by atoms with Gasteiger partial charge in [0.2, 0.25) is 0 Å². The molecule has 1 aromatic rings. The lowest BCUT2D eigenvalue weighted by Crippen LogP contribution is -2.42. The Kier molecular flexibility index (Phi) is 5.28. The molecule has 116 valence electrons. The fourth-order valence-corrected chi connectivity index (χ4v) is 3.73. The van der Waals surface area contributed by atoms with Crippen molar-refractivity contribution in [2.24, 2.45) is 0 Å². The molecule has 0 radical (unpaired) electrons. The van der Waals surface area contributed by atoms with Crippen molar-refractivity contribution in [3.8, 4) is 0 Å². The molecule has 2 aliphatic rings. The van der Waals surface area contributed by atoms with E-state index in [2.05, 4.69) is 21.9 Å². The van der Waals surface area contributed by atoms with E-state index in [1.807, 2.05) is 12.1 Å². The highest BCUT2D eigenvalue weighted by Crippen LogP contribution is 2.22. The Hall–Kier alpha value is -0.900. The zero-order valence-electron chi connectivity index (χ0n) is 13.0. The van der Waals surface area contributed by atoms with E-state index in [0.29, 0.717) is 0 Å². The van der Waals surface area contributed by atoms with E-state index in [-0.39, 0.29) is 6.61 Å². The van der Waals surface area contributed by atoms with Crippen molar-refractivity contribution >= 4 is 0 Å². The quantitative estimate of drug-likeness (QED) is 0.902. The molecule has 2 saturated heterocycles. The molecule has 0 amide bonds. The lowest BCUT2D eigenvalue weighted by atomic mass is 10.1. The topological polar surface area (TPSA) is 26.7 Å². The average Bonchev–Trinajstić information content (AvgIpc) is 2.96. The number of rotatable bonds is 5. The zero-order chi connectivity index (χ0) is 14.5. The van der Waals surface area contributed by atoms with Gasteiger partial charge in [-0.25, -0.2) is 0 Å². The van der Waals surface area contributed by atoms with Gasteiger partial charge in [-0.3, -0.25) is 4.90 Å². The summed E-state index contributed by atoms with van der Waals surface area (Å²) in [5.74, 6) is 0. The molecule has 3 nitrogen and oxygen atoms in total. The number of hydrogen-bond donors (Lipinski definition) is 1. The first kappa shape index (κ1) is 15.0. The van der Waals surface area contributed by atoms with Gasteiger partial charge >= 0.3 is 0 Å². The van der Waals surface area contributed by atoms with Crippen molar-refractivity contribution in [1.82, 2.24) is 9.80 Å². The fourth-order valence-electron chi connectivity index (χ4n) is 3.73. The second-order valence-electron chi connectivity index (χ2n) is 6.60. The summed E-state index contributed by atoms with van der Waals surface area (Å²) < 4.78 is 0. The van der Waals surface area contributed by atoms with Crippen LogP contribution in [-0.4, -0.2) is 47.1 Å². The molecule has 2 fully saturated rings. The van der Waals surface area contributed by atoms with Crippen molar-refractivity contribution in [3.05, 3.63) is 35.4 Å².